The van der Waals surface area contributed by atoms with Crippen molar-refractivity contribution in [2.75, 3.05) is 32.7 Å². The summed E-state index contributed by atoms with van der Waals surface area (Å²) >= 11 is 0. The highest BCUT2D eigenvalue weighted by Crippen LogP contribution is 2.09. The van der Waals surface area contributed by atoms with E-state index in [1.54, 1.807) is 12.1 Å². The molecule has 0 aliphatic carbocycles. The maximum atomic E-state index is 11.7. The second-order valence-corrected chi connectivity index (χ2v) is 4.39. The summed E-state index contributed by atoms with van der Waals surface area (Å²) in [6.45, 7) is -0.0977. The molecule has 23 heavy (non-hydrogen) atoms. The molecule has 4 N–H and O–H groups in total. The summed E-state index contributed by atoms with van der Waals surface area (Å²) in [5, 5.41) is 5.01. The third-order valence-electron chi connectivity index (χ3n) is 2.72. The number of rotatable bonds is 7. The minimum Gasteiger partial charge on any atom is -0.468 e. The van der Waals surface area contributed by atoms with E-state index in [1.807, 2.05) is 0 Å². The van der Waals surface area contributed by atoms with Crippen LogP contribution in [0.15, 0.2) is 24.3 Å². The summed E-state index contributed by atoms with van der Waals surface area (Å²) in [4.78, 5) is 34.4. The Hall–Kier alpha value is -2.16. The number of benzene rings is 1. The third kappa shape index (κ3) is 7.09. The highest BCUT2D eigenvalue weighted by atomic mass is 35.5. The number of halogens is 1. The number of nitrogens with two attached hydrogens (primary N) is 1. The first-order valence-corrected chi connectivity index (χ1v) is 6.48. The standard InChI is InChI=1S/C14H19N3O5.ClH/c1-21-8-11(15)14(20)17-10-5-3-9(4-6-10)13(19)16-7-12(18)22-2;/h3-6,11H,7-8,15H2,1-2H3,(H,16,19)(H,17,20);1H. The summed E-state index contributed by atoms with van der Waals surface area (Å²) in [6, 6.07) is 5.39. The molecule has 0 aliphatic rings. The van der Waals surface area contributed by atoms with Crippen LogP contribution in [0.1, 0.15) is 10.4 Å². The van der Waals surface area contributed by atoms with Gasteiger partial charge in [-0.1, -0.05) is 0 Å². The van der Waals surface area contributed by atoms with Crippen LogP contribution in [0.5, 0.6) is 0 Å². The molecular formula is C14H20ClN3O5. The maximum Gasteiger partial charge on any atom is 0.325 e. The molecule has 1 aromatic carbocycles. The molecule has 0 saturated carbocycles. The van der Waals surface area contributed by atoms with Crippen LogP contribution in [-0.2, 0) is 19.1 Å². The predicted molar refractivity (Wildman–Crippen MR) is 86.5 cm³/mol. The van der Waals surface area contributed by atoms with Gasteiger partial charge >= 0.3 is 5.97 Å². The molecule has 8 nitrogen and oxygen atoms in total. The first-order valence-electron chi connectivity index (χ1n) is 6.48. The highest BCUT2D eigenvalue weighted by molar-refractivity contribution is 5.98. The number of nitrogens with one attached hydrogen (secondary N) is 2. The molecule has 0 radical (unpaired) electrons. The lowest BCUT2D eigenvalue weighted by Gasteiger charge is -2.11. The van der Waals surface area contributed by atoms with Gasteiger partial charge in [-0.05, 0) is 24.3 Å². The third-order valence-corrected chi connectivity index (χ3v) is 2.72. The summed E-state index contributed by atoms with van der Waals surface area (Å²) in [7, 11) is 2.69. The molecule has 0 heterocycles. The van der Waals surface area contributed by atoms with Gasteiger partial charge in [-0.2, -0.15) is 0 Å². The van der Waals surface area contributed by atoms with E-state index in [1.165, 1.54) is 26.4 Å². The van der Waals surface area contributed by atoms with Crippen molar-refractivity contribution in [1.82, 2.24) is 5.32 Å². The van der Waals surface area contributed by atoms with E-state index in [-0.39, 0.29) is 31.5 Å². The molecule has 0 saturated heterocycles. The molecule has 0 aromatic heterocycles. The number of ether oxygens (including phenoxy) is 2. The van der Waals surface area contributed by atoms with Crippen molar-refractivity contribution in [3.05, 3.63) is 29.8 Å². The number of amides is 2. The fraction of sp³-hybridized carbons (Fsp3) is 0.357. The molecule has 1 aromatic rings. The molecule has 1 rings (SSSR count). The zero-order valence-corrected chi connectivity index (χ0v) is 13.6. The molecule has 0 bridgehead atoms. The molecule has 0 spiro atoms. The minimum atomic E-state index is -0.770. The van der Waals surface area contributed by atoms with Gasteiger partial charge in [0.2, 0.25) is 5.91 Å². The average molecular weight is 346 g/mol. The zero-order chi connectivity index (χ0) is 16.5. The number of carbonyl (C=O) groups excluding carboxylic acids is 3. The Morgan fingerprint density at radius 2 is 1.78 bits per heavy atom. The number of methoxy groups -OCH3 is 2. The van der Waals surface area contributed by atoms with Crippen LogP contribution in [0.2, 0.25) is 0 Å². The van der Waals surface area contributed by atoms with Gasteiger partial charge in [-0.3, -0.25) is 14.4 Å². The Bertz CT molecular complexity index is 536. The van der Waals surface area contributed by atoms with Gasteiger partial charge in [0, 0.05) is 18.4 Å². The van der Waals surface area contributed by atoms with Gasteiger partial charge in [0.05, 0.1) is 13.7 Å². The van der Waals surface area contributed by atoms with Crippen molar-refractivity contribution in [2.24, 2.45) is 5.73 Å². The van der Waals surface area contributed by atoms with Gasteiger partial charge < -0.3 is 25.8 Å². The van der Waals surface area contributed by atoms with Crippen LogP contribution in [0.25, 0.3) is 0 Å². The predicted octanol–water partition coefficient (Wildman–Crippen LogP) is -0.0766. The van der Waals surface area contributed by atoms with Crippen molar-refractivity contribution < 1.29 is 23.9 Å². The Morgan fingerprint density at radius 3 is 2.30 bits per heavy atom. The Labute approximate surface area is 140 Å². The molecule has 128 valence electrons. The Balaban J connectivity index is 0.00000484. The molecule has 2 amide bonds. The lowest BCUT2D eigenvalue weighted by molar-refractivity contribution is -0.139. The molecule has 9 heteroatoms. The van der Waals surface area contributed by atoms with Gasteiger partial charge in [-0.15, -0.1) is 12.4 Å². The first-order chi connectivity index (χ1) is 10.5. The van der Waals surface area contributed by atoms with E-state index >= 15 is 0 Å². The Morgan fingerprint density at radius 1 is 1.17 bits per heavy atom. The fourth-order valence-electron chi connectivity index (χ4n) is 1.52. The van der Waals surface area contributed by atoms with Crippen LogP contribution in [0, 0.1) is 0 Å². The second kappa shape index (κ2) is 10.5. The average Bonchev–Trinajstić information content (AvgIpc) is 2.53. The van der Waals surface area contributed by atoms with Crippen LogP contribution in [-0.4, -0.2) is 51.2 Å². The van der Waals surface area contributed by atoms with Crippen LogP contribution in [0.3, 0.4) is 0 Å². The zero-order valence-electron chi connectivity index (χ0n) is 12.8. The molecule has 1 unspecified atom stereocenters. The van der Waals surface area contributed by atoms with E-state index < -0.39 is 17.9 Å². The topological polar surface area (TPSA) is 120 Å². The number of hydrogen-bond donors (Lipinski definition) is 3. The van der Waals surface area contributed by atoms with Crippen molar-refractivity contribution in [3.8, 4) is 0 Å². The van der Waals surface area contributed by atoms with Crippen molar-refractivity contribution in [3.63, 3.8) is 0 Å². The molecule has 1 atom stereocenters. The Kier molecular flexibility index (Phi) is 9.56. The first kappa shape index (κ1) is 20.8. The molecule has 0 aliphatic heterocycles. The maximum absolute atomic E-state index is 11.7. The van der Waals surface area contributed by atoms with Crippen LogP contribution >= 0.6 is 12.4 Å². The van der Waals surface area contributed by atoms with E-state index in [2.05, 4.69) is 15.4 Å². The fourth-order valence-corrected chi connectivity index (χ4v) is 1.52. The van der Waals surface area contributed by atoms with Crippen molar-refractivity contribution in [2.45, 2.75) is 6.04 Å². The normalized spacial score (nSPS) is 10.9. The van der Waals surface area contributed by atoms with Crippen LogP contribution < -0.4 is 16.4 Å². The summed E-state index contributed by atoms with van der Waals surface area (Å²) < 4.78 is 9.21. The minimum absolute atomic E-state index is 0. The number of carbonyl (C=O) groups is 3. The molecular weight excluding hydrogens is 326 g/mol. The smallest absolute Gasteiger partial charge is 0.325 e. The van der Waals surface area contributed by atoms with Gasteiger partial charge in [-0.25, -0.2) is 0 Å². The number of esters is 1. The van der Waals surface area contributed by atoms with E-state index in [9.17, 15) is 14.4 Å². The SMILES string of the molecule is COCC(N)C(=O)Nc1ccc(C(=O)NCC(=O)OC)cc1.Cl. The largest absolute Gasteiger partial charge is 0.468 e. The van der Waals surface area contributed by atoms with E-state index in [0.29, 0.717) is 11.3 Å². The van der Waals surface area contributed by atoms with E-state index in [0.717, 1.165) is 0 Å². The van der Waals surface area contributed by atoms with Crippen LogP contribution in [0.4, 0.5) is 5.69 Å². The van der Waals surface area contributed by atoms with Gasteiger partial charge in [0.15, 0.2) is 0 Å². The van der Waals surface area contributed by atoms with Crippen molar-refractivity contribution in [1.29, 1.82) is 0 Å². The molecule has 0 fully saturated rings. The second-order valence-electron chi connectivity index (χ2n) is 4.39. The highest BCUT2D eigenvalue weighted by Gasteiger charge is 2.13. The number of anilines is 1. The van der Waals surface area contributed by atoms with Crippen molar-refractivity contribution >= 4 is 35.9 Å². The van der Waals surface area contributed by atoms with E-state index in [4.69, 9.17) is 10.5 Å². The van der Waals surface area contributed by atoms with Gasteiger partial charge in [0.1, 0.15) is 12.6 Å². The summed E-state index contributed by atoms with van der Waals surface area (Å²) in [5.41, 5.74) is 6.44. The summed E-state index contributed by atoms with van der Waals surface area (Å²) in [5.74, 6) is -1.34. The quantitative estimate of drug-likeness (QED) is 0.595. The summed E-state index contributed by atoms with van der Waals surface area (Å²) in [6.07, 6.45) is 0. The number of hydrogen-bond acceptors (Lipinski definition) is 6. The lowest BCUT2D eigenvalue weighted by Crippen LogP contribution is -2.39. The lowest BCUT2D eigenvalue weighted by atomic mass is 10.2. The van der Waals surface area contributed by atoms with Gasteiger partial charge in [0.25, 0.3) is 5.91 Å². The monoisotopic (exact) mass is 345 g/mol.